The molecule has 3 aromatic rings. The van der Waals surface area contributed by atoms with E-state index in [1.165, 1.54) is 18.2 Å². The number of nitrogens with one attached hydrogen (secondary N) is 1. The topological polar surface area (TPSA) is 90.4 Å². The van der Waals surface area contributed by atoms with Gasteiger partial charge in [0, 0.05) is 23.6 Å². The van der Waals surface area contributed by atoms with Gasteiger partial charge in [0.2, 0.25) is 5.95 Å². The molecular formula is C20H17F2N3O4S. The summed E-state index contributed by atoms with van der Waals surface area (Å²) in [5, 5.41) is 3.04. The van der Waals surface area contributed by atoms with Crippen LogP contribution in [0.3, 0.4) is 0 Å². The lowest BCUT2D eigenvalue weighted by molar-refractivity contribution is -0.0498. The minimum Gasteiger partial charge on any atom is -0.435 e. The number of rotatable bonds is 8. The average Bonchev–Trinajstić information content (AvgIpc) is 2.68. The predicted molar refractivity (Wildman–Crippen MR) is 109 cm³/mol. The number of hydrogen-bond donors (Lipinski definition) is 1. The van der Waals surface area contributed by atoms with Crippen LogP contribution >= 0.6 is 0 Å². The van der Waals surface area contributed by atoms with E-state index in [0.29, 0.717) is 22.8 Å². The monoisotopic (exact) mass is 433 g/mol. The van der Waals surface area contributed by atoms with Crippen LogP contribution in [-0.4, -0.2) is 31.3 Å². The van der Waals surface area contributed by atoms with Gasteiger partial charge < -0.3 is 14.2 Å². The normalized spacial score (nSPS) is 11.6. The summed E-state index contributed by atoms with van der Waals surface area (Å²) in [4.78, 5) is 8.50. The Morgan fingerprint density at radius 2 is 1.73 bits per heavy atom. The number of aromatic nitrogens is 2. The Hall–Kier alpha value is -3.53. The first-order chi connectivity index (χ1) is 14.3. The lowest BCUT2D eigenvalue weighted by Gasteiger charge is -2.08. The van der Waals surface area contributed by atoms with Crippen LogP contribution in [0, 0.1) is 0 Å². The number of hydrogen-bond acceptors (Lipinski definition) is 7. The Morgan fingerprint density at radius 1 is 1.03 bits per heavy atom. The zero-order valence-electron chi connectivity index (χ0n) is 15.7. The van der Waals surface area contributed by atoms with E-state index >= 15 is 0 Å². The van der Waals surface area contributed by atoms with Crippen LogP contribution in [0.2, 0.25) is 0 Å². The summed E-state index contributed by atoms with van der Waals surface area (Å²) in [6.45, 7) is -2.87. The van der Waals surface area contributed by atoms with E-state index in [2.05, 4.69) is 24.2 Å². The maximum Gasteiger partial charge on any atom is 0.387 e. The molecular weight excluding hydrogens is 416 g/mol. The van der Waals surface area contributed by atoms with Crippen molar-refractivity contribution in [2.75, 3.05) is 11.6 Å². The van der Waals surface area contributed by atoms with E-state index in [1.807, 2.05) is 0 Å². The van der Waals surface area contributed by atoms with Gasteiger partial charge in [-0.25, -0.2) is 9.97 Å². The van der Waals surface area contributed by atoms with Crippen LogP contribution in [0.5, 0.6) is 5.75 Å². The van der Waals surface area contributed by atoms with Crippen LogP contribution in [0.25, 0.3) is 17.2 Å². The second kappa shape index (κ2) is 9.31. The molecule has 1 N–H and O–H groups in total. The van der Waals surface area contributed by atoms with Crippen LogP contribution in [0.1, 0.15) is 5.56 Å². The third-order valence-corrected chi connectivity index (χ3v) is 4.16. The Balaban J connectivity index is 1.66. The van der Waals surface area contributed by atoms with E-state index < -0.39 is 16.7 Å². The standard InChI is InChI=1S/C20H17F2N3O4S/c1-30(26,27)28-10-9-14-3-2-4-17(11-14)25-20-23-12-16(13-24-20)15-5-7-18(8-6-15)29-19(21)22/h2-13,19H,1H3,(H,23,24,25). The fourth-order valence-corrected chi connectivity index (χ4v) is 2.68. The van der Waals surface area contributed by atoms with Crippen LogP contribution in [0.4, 0.5) is 20.4 Å². The van der Waals surface area contributed by atoms with Crippen LogP contribution in [-0.2, 0) is 14.3 Å². The van der Waals surface area contributed by atoms with E-state index in [0.717, 1.165) is 18.1 Å². The van der Waals surface area contributed by atoms with Gasteiger partial charge in [0.1, 0.15) is 12.0 Å². The molecule has 10 heteroatoms. The molecule has 0 atom stereocenters. The zero-order valence-corrected chi connectivity index (χ0v) is 16.5. The Morgan fingerprint density at radius 3 is 2.37 bits per heavy atom. The van der Waals surface area contributed by atoms with Crippen LogP contribution < -0.4 is 10.1 Å². The molecule has 0 aliphatic heterocycles. The molecule has 30 heavy (non-hydrogen) atoms. The number of benzene rings is 2. The van der Waals surface area contributed by atoms with Crippen molar-refractivity contribution in [3.05, 3.63) is 72.8 Å². The lowest BCUT2D eigenvalue weighted by Crippen LogP contribution is -2.01. The maximum atomic E-state index is 12.2. The Bertz CT molecular complexity index is 1120. The molecule has 0 unspecified atom stereocenters. The number of ether oxygens (including phenoxy) is 1. The van der Waals surface area contributed by atoms with Gasteiger partial charge in [0.05, 0.1) is 6.26 Å². The molecule has 156 valence electrons. The van der Waals surface area contributed by atoms with Gasteiger partial charge >= 0.3 is 16.7 Å². The van der Waals surface area contributed by atoms with Crippen molar-refractivity contribution in [3.8, 4) is 16.9 Å². The summed E-state index contributed by atoms with van der Waals surface area (Å²) in [5.41, 5.74) is 2.86. The molecule has 0 fully saturated rings. The third kappa shape index (κ3) is 6.52. The SMILES string of the molecule is CS(=O)(=O)OC=Cc1cccc(Nc2ncc(-c3ccc(OC(F)F)cc3)cn2)c1. The summed E-state index contributed by atoms with van der Waals surface area (Å²) in [7, 11) is -3.55. The highest BCUT2D eigenvalue weighted by molar-refractivity contribution is 7.86. The van der Waals surface area contributed by atoms with Crippen LogP contribution in [0.15, 0.2) is 67.2 Å². The van der Waals surface area contributed by atoms with Crippen molar-refractivity contribution in [2.45, 2.75) is 6.61 Å². The van der Waals surface area contributed by atoms with Gasteiger partial charge in [-0.2, -0.15) is 17.2 Å². The zero-order chi connectivity index (χ0) is 21.6. The van der Waals surface area contributed by atoms with Gasteiger partial charge in [-0.1, -0.05) is 24.3 Å². The lowest BCUT2D eigenvalue weighted by atomic mass is 10.1. The molecule has 0 spiro atoms. The highest BCUT2D eigenvalue weighted by atomic mass is 32.2. The number of nitrogens with zero attached hydrogens (tertiary/aromatic N) is 2. The molecule has 0 amide bonds. The molecule has 0 aliphatic rings. The van der Waals surface area contributed by atoms with Gasteiger partial charge in [-0.15, -0.1) is 0 Å². The highest BCUT2D eigenvalue weighted by Gasteiger charge is 2.06. The number of alkyl halides is 2. The minimum atomic E-state index is -3.55. The molecule has 0 saturated heterocycles. The van der Waals surface area contributed by atoms with Crippen molar-refractivity contribution in [1.29, 1.82) is 0 Å². The molecule has 0 radical (unpaired) electrons. The highest BCUT2D eigenvalue weighted by Crippen LogP contribution is 2.23. The van der Waals surface area contributed by atoms with Gasteiger partial charge in [0.25, 0.3) is 0 Å². The average molecular weight is 433 g/mol. The minimum absolute atomic E-state index is 0.0730. The first-order valence-electron chi connectivity index (χ1n) is 8.58. The van der Waals surface area contributed by atoms with E-state index in [9.17, 15) is 17.2 Å². The molecule has 0 saturated carbocycles. The van der Waals surface area contributed by atoms with E-state index in [1.54, 1.807) is 48.8 Å². The fourth-order valence-electron chi connectivity index (χ4n) is 2.43. The van der Waals surface area contributed by atoms with E-state index in [-0.39, 0.29) is 5.75 Å². The number of anilines is 2. The quantitative estimate of drug-likeness (QED) is 0.415. The summed E-state index contributed by atoms with van der Waals surface area (Å²) in [6, 6.07) is 13.3. The first kappa shape index (κ1) is 21.2. The molecule has 1 aromatic heterocycles. The van der Waals surface area contributed by atoms with Crippen molar-refractivity contribution in [3.63, 3.8) is 0 Å². The fraction of sp³-hybridized carbons (Fsp3) is 0.100. The smallest absolute Gasteiger partial charge is 0.387 e. The van der Waals surface area contributed by atoms with Crippen molar-refractivity contribution >= 4 is 27.8 Å². The summed E-state index contributed by atoms with van der Waals surface area (Å²) >= 11 is 0. The summed E-state index contributed by atoms with van der Waals surface area (Å²) in [5.74, 6) is 0.425. The van der Waals surface area contributed by atoms with Gasteiger partial charge in [-0.05, 0) is 41.5 Å². The molecule has 0 aliphatic carbocycles. The largest absolute Gasteiger partial charge is 0.435 e. The Labute approximate surface area is 172 Å². The van der Waals surface area contributed by atoms with Crippen molar-refractivity contribution in [1.82, 2.24) is 9.97 Å². The maximum absolute atomic E-state index is 12.2. The molecule has 0 bridgehead atoms. The van der Waals surface area contributed by atoms with E-state index in [4.69, 9.17) is 0 Å². The van der Waals surface area contributed by atoms with Crippen molar-refractivity contribution < 1.29 is 26.1 Å². The van der Waals surface area contributed by atoms with Gasteiger partial charge in [0.15, 0.2) is 0 Å². The molecule has 7 nitrogen and oxygen atoms in total. The molecule has 1 heterocycles. The van der Waals surface area contributed by atoms with Crippen molar-refractivity contribution in [2.24, 2.45) is 0 Å². The predicted octanol–water partition coefficient (Wildman–Crippen LogP) is 4.44. The summed E-state index contributed by atoms with van der Waals surface area (Å²) < 4.78 is 55.3. The Kier molecular flexibility index (Phi) is 6.58. The molecule has 2 aromatic carbocycles. The van der Waals surface area contributed by atoms with Gasteiger partial charge in [-0.3, -0.25) is 0 Å². The second-order valence-corrected chi connectivity index (χ2v) is 7.65. The first-order valence-corrected chi connectivity index (χ1v) is 10.4. The third-order valence-electron chi connectivity index (χ3n) is 3.70. The molecule has 3 rings (SSSR count). The summed E-state index contributed by atoms with van der Waals surface area (Å²) in [6.07, 6.45) is 6.76. The second-order valence-electron chi connectivity index (χ2n) is 6.05. The number of halogens is 2.